The Labute approximate surface area is 197 Å². The molecule has 2 aromatic carbocycles. The van der Waals surface area contributed by atoms with E-state index in [1.807, 2.05) is 24.3 Å². The van der Waals surface area contributed by atoms with Crippen molar-refractivity contribution >= 4 is 40.0 Å². The van der Waals surface area contributed by atoms with Crippen LogP contribution in [-0.2, 0) is 10.0 Å². The summed E-state index contributed by atoms with van der Waals surface area (Å²) in [5, 5.41) is 6.81. The van der Waals surface area contributed by atoms with Gasteiger partial charge in [-0.1, -0.05) is 48.5 Å². The van der Waals surface area contributed by atoms with Crippen molar-refractivity contribution < 1.29 is 8.42 Å². The fraction of sp³-hybridized carbons (Fsp3) is 0.409. The van der Waals surface area contributed by atoms with E-state index in [0.29, 0.717) is 23.9 Å². The van der Waals surface area contributed by atoms with Crippen LogP contribution in [-0.4, -0.2) is 45.4 Å². The molecule has 0 aromatic heterocycles. The minimum atomic E-state index is -3.39. The molecule has 30 heavy (non-hydrogen) atoms. The molecule has 1 fully saturated rings. The molecule has 6 nitrogen and oxygen atoms in total. The van der Waals surface area contributed by atoms with Crippen LogP contribution in [0.2, 0.25) is 0 Å². The Morgan fingerprint density at radius 2 is 1.63 bits per heavy atom. The zero-order valence-electron chi connectivity index (χ0n) is 17.5. The maximum absolute atomic E-state index is 12.7. The molecule has 1 aliphatic heterocycles. The van der Waals surface area contributed by atoms with Gasteiger partial charge < -0.3 is 10.6 Å². The number of halogens is 1. The molecule has 1 unspecified atom stereocenters. The average Bonchev–Trinajstić information content (AvgIpc) is 2.78. The predicted octanol–water partition coefficient (Wildman–Crippen LogP) is 3.63. The van der Waals surface area contributed by atoms with Crippen LogP contribution in [0.15, 0.2) is 70.6 Å². The van der Waals surface area contributed by atoms with Gasteiger partial charge in [-0.15, -0.1) is 24.0 Å². The number of guanidine groups is 1. The Kier molecular flexibility index (Phi) is 9.57. The molecular weight excluding hydrogens is 511 g/mol. The van der Waals surface area contributed by atoms with E-state index in [1.165, 1.54) is 5.56 Å². The van der Waals surface area contributed by atoms with Crippen LogP contribution in [0.5, 0.6) is 0 Å². The van der Waals surface area contributed by atoms with Crippen molar-refractivity contribution in [3.05, 3.63) is 66.2 Å². The Balaban J connectivity index is 0.00000320. The monoisotopic (exact) mass is 542 g/mol. The summed E-state index contributed by atoms with van der Waals surface area (Å²) in [4.78, 5) is 4.69. The lowest BCUT2D eigenvalue weighted by Gasteiger charge is -2.31. The SMILES string of the molecule is CN=C(NCC1CCN(S(=O)(=O)c2ccccc2)CC1)NC(C)c1ccccc1.I. The maximum Gasteiger partial charge on any atom is 0.243 e. The summed E-state index contributed by atoms with van der Waals surface area (Å²) in [6, 6.07) is 19.1. The molecule has 2 N–H and O–H groups in total. The summed E-state index contributed by atoms with van der Waals surface area (Å²) >= 11 is 0. The minimum Gasteiger partial charge on any atom is -0.356 e. The Hall–Kier alpha value is -1.65. The van der Waals surface area contributed by atoms with Gasteiger partial charge in [-0.05, 0) is 43.4 Å². The van der Waals surface area contributed by atoms with Gasteiger partial charge >= 0.3 is 0 Å². The second kappa shape index (κ2) is 11.7. The second-order valence-electron chi connectivity index (χ2n) is 7.39. The smallest absolute Gasteiger partial charge is 0.243 e. The van der Waals surface area contributed by atoms with Crippen LogP contribution in [0.3, 0.4) is 0 Å². The molecule has 0 spiro atoms. The summed E-state index contributed by atoms with van der Waals surface area (Å²) in [6.45, 7) is 3.99. The van der Waals surface area contributed by atoms with Crippen molar-refractivity contribution in [3.8, 4) is 0 Å². The summed E-state index contributed by atoms with van der Waals surface area (Å²) in [5.41, 5.74) is 1.20. The number of hydrogen-bond acceptors (Lipinski definition) is 3. The summed E-state index contributed by atoms with van der Waals surface area (Å²) in [7, 11) is -1.63. The third kappa shape index (κ3) is 6.42. The lowest BCUT2D eigenvalue weighted by atomic mass is 9.98. The summed E-state index contributed by atoms with van der Waals surface area (Å²) < 4.78 is 27.1. The zero-order chi connectivity index (χ0) is 20.7. The van der Waals surface area contributed by atoms with Crippen molar-refractivity contribution in [3.63, 3.8) is 0 Å². The van der Waals surface area contributed by atoms with E-state index < -0.39 is 10.0 Å². The van der Waals surface area contributed by atoms with E-state index in [-0.39, 0.29) is 30.0 Å². The lowest BCUT2D eigenvalue weighted by Crippen LogP contribution is -2.44. The van der Waals surface area contributed by atoms with E-state index in [4.69, 9.17) is 0 Å². The van der Waals surface area contributed by atoms with Crippen molar-refractivity contribution in [2.24, 2.45) is 10.9 Å². The van der Waals surface area contributed by atoms with Gasteiger partial charge in [0.1, 0.15) is 0 Å². The molecule has 1 saturated heterocycles. The first-order valence-electron chi connectivity index (χ1n) is 10.1. The fourth-order valence-corrected chi connectivity index (χ4v) is 5.05. The lowest BCUT2D eigenvalue weighted by molar-refractivity contribution is 0.273. The Morgan fingerprint density at radius 1 is 1.07 bits per heavy atom. The minimum absolute atomic E-state index is 0. The first-order valence-corrected chi connectivity index (χ1v) is 11.5. The van der Waals surface area contributed by atoms with Gasteiger partial charge in [0.2, 0.25) is 10.0 Å². The molecule has 1 atom stereocenters. The molecule has 0 radical (unpaired) electrons. The zero-order valence-corrected chi connectivity index (χ0v) is 20.6. The van der Waals surface area contributed by atoms with E-state index in [1.54, 1.807) is 35.6 Å². The molecule has 164 valence electrons. The van der Waals surface area contributed by atoms with Gasteiger partial charge in [-0.25, -0.2) is 8.42 Å². The number of piperidine rings is 1. The van der Waals surface area contributed by atoms with Crippen LogP contribution in [0.1, 0.15) is 31.4 Å². The van der Waals surface area contributed by atoms with Crippen LogP contribution in [0.25, 0.3) is 0 Å². The highest BCUT2D eigenvalue weighted by atomic mass is 127. The van der Waals surface area contributed by atoms with E-state index >= 15 is 0 Å². The number of benzene rings is 2. The van der Waals surface area contributed by atoms with Gasteiger partial charge in [-0.2, -0.15) is 4.31 Å². The fourth-order valence-electron chi connectivity index (χ4n) is 3.56. The predicted molar refractivity (Wildman–Crippen MR) is 133 cm³/mol. The van der Waals surface area contributed by atoms with Crippen LogP contribution in [0, 0.1) is 5.92 Å². The van der Waals surface area contributed by atoms with Gasteiger partial charge in [0.05, 0.1) is 10.9 Å². The molecule has 3 rings (SSSR count). The molecule has 2 aromatic rings. The first kappa shape index (κ1) is 24.6. The third-order valence-corrected chi connectivity index (χ3v) is 7.30. The molecule has 1 aliphatic rings. The molecule has 0 bridgehead atoms. The van der Waals surface area contributed by atoms with Gasteiger partial charge in [-0.3, -0.25) is 4.99 Å². The highest BCUT2D eigenvalue weighted by Crippen LogP contribution is 2.23. The van der Waals surface area contributed by atoms with Gasteiger partial charge in [0.25, 0.3) is 0 Å². The number of sulfonamides is 1. The second-order valence-corrected chi connectivity index (χ2v) is 9.33. The molecule has 0 saturated carbocycles. The van der Waals surface area contributed by atoms with Crippen LogP contribution < -0.4 is 10.6 Å². The normalized spacial score (nSPS) is 17.1. The summed E-state index contributed by atoms with van der Waals surface area (Å²) in [5.74, 6) is 1.18. The molecule has 0 amide bonds. The first-order chi connectivity index (χ1) is 14.0. The highest BCUT2D eigenvalue weighted by molar-refractivity contribution is 14.0. The quantitative estimate of drug-likeness (QED) is 0.332. The highest BCUT2D eigenvalue weighted by Gasteiger charge is 2.29. The summed E-state index contributed by atoms with van der Waals surface area (Å²) in [6.07, 6.45) is 1.68. The van der Waals surface area contributed by atoms with Crippen LogP contribution >= 0.6 is 24.0 Å². The van der Waals surface area contributed by atoms with E-state index in [9.17, 15) is 8.42 Å². The molecular formula is C22H31IN4O2S. The largest absolute Gasteiger partial charge is 0.356 e. The molecule has 1 heterocycles. The third-order valence-electron chi connectivity index (χ3n) is 5.39. The molecule has 8 heteroatoms. The van der Waals surface area contributed by atoms with Crippen molar-refractivity contribution in [1.29, 1.82) is 0 Å². The number of nitrogens with one attached hydrogen (secondary N) is 2. The number of nitrogens with zero attached hydrogens (tertiary/aromatic N) is 2. The van der Waals surface area contributed by atoms with Gasteiger partial charge in [0.15, 0.2) is 5.96 Å². The van der Waals surface area contributed by atoms with Gasteiger partial charge in [0, 0.05) is 26.7 Å². The topological polar surface area (TPSA) is 73.8 Å². The standard InChI is InChI=1S/C22H30N4O2S.HI/c1-18(20-9-5-3-6-10-20)25-22(23-2)24-17-19-13-15-26(16-14-19)29(27,28)21-11-7-4-8-12-21;/h3-12,18-19H,13-17H2,1-2H3,(H2,23,24,25);1H. The van der Waals surface area contributed by atoms with E-state index in [0.717, 1.165) is 25.3 Å². The van der Waals surface area contributed by atoms with Crippen molar-refractivity contribution in [2.45, 2.75) is 30.7 Å². The Bertz CT molecular complexity index is 899. The van der Waals surface area contributed by atoms with Crippen molar-refractivity contribution in [1.82, 2.24) is 14.9 Å². The average molecular weight is 542 g/mol. The van der Waals surface area contributed by atoms with Crippen LogP contribution in [0.4, 0.5) is 0 Å². The Morgan fingerprint density at radius 3 is 2.20 bits per heavy atom. The number of aliphatic imine (C=N–C) groups is 1. The maximum atomic E-state index is 12.7. The van der Waals surface area contributed by atoms with E-state index in [2.05, 4.69) is 34.7 Å². The van der Waals surface area contributed by atoms with Crippen molar-refractivity contribution in [2.75, 3.05) is 26.7 Å². The number of rotatable bonds is 6. The molecule has 0 aliphatic carbocycles. The number of hydrogen-bond donors (Lipinski definition) is 2.